The van der Waals surface area contributed by atoms with Crippen LogP contribution in [0.4, 0.5) is 0 Å². The van der Waals surface area contributed by atoms with Crippen molar-refractivity contribution in [1.29, 1.82) is 0 Å². The number of nitrogens with one attached hydrogen (secondary N) is 1. The number of hydrogen-bond donors (Lipinski definition) is 2. The van der Waals surface area contributed by atoms with Gasteiger partial charge in [0.2, 0.25) is 0 Å². The van der Waals surface area contributed by atoms with Crippen molar-refractivity contribution in [2.24, 2.45) is 0 Å². The summed E-state index contributed by atoms with van der Waals surface area (Å²) in [4.78, 5) is 25.2. The SMILES string of the molecule is COC(c1ccc(C(=O)NC(CCSC)C(=O)O)c(-c2ccccc2C)c1)c1cc(-c2ccc(Cl)cc2)co1.[H-].[Li+]. The number of aliphatic carboxylic acids is 1. The van der Waals surface area contributed by atoms with E-state index >= 15 is 0 Å². The maximum absolute atomic E-state index is 13.4. The first-order chi connectivity index (χ1) is 18.8. The van der Waals surface area contributed by atoms with Crippen molar-refractivity contribution in [2.75, 3.05) is 19.1 Å². The van der Waals surface area contributed by atoms with Gasteiger partial charge in [0.05, 0.1) is 6.26 Å². The Morgan fingerprint density at radius 1 is 1.05 bits per heavy atom. The topological polar surface area (TPSA) is 88.8 Å². The number of methoxy groups -OCH3 is 1. The molecule has 0 saturated carbocycles. The molecular formula is C31H31ClLiNO5S. The van der Waals surface area contributed by atoms with E-state index < -0.39 is 24.0 Å². The zero-order chi connectivity index (χ0) is 27.9. The zero-order valence-corrected chi connectivity index (χ0v) is 24.5. The Labute approximate surface area is 257 Å². The van der Waals surface area contributed by atoms with Gasteiger partial charge in [-0.2, -0.15) is 11.8 Å². The number of furan rings is 1. The number of amides is 1. The van der Waals surface area contributed by atoms with Crippen molar-refractivity contribution in [2.45, 2.75) is 25.5 Å². The number of halogens is 1. The molecule has 1 aromatic heterocycles. The van der Waals surface area contributed by atoms with Crippen LogP contribution in [0, 0.1) is 6.92 Å². The molecule has 9 heteroatoms. The maximum Gasteiger partial charge on any atom is 1.00 e. The third-order valence-corrected chi connectivity index (χ3v) is 7.43. The summed E-state index contributed by atoms with van der Waals surface area (Å²) >= 11 is 7.57. The van der Waals surface area contributed by atoms with Gasteiger partial charge in [0, 0.05) is 23.3 Å². The van der Waals surface area contributed by atoms with Crippen LogP contribution in [-0.4, -0.2) is 42.1 Å². The normalized spacial score (nSPS) is 12.3. The van der Waals surface area contributed by atoms with Crippen molar-refractivity contribution in [3.8, 4) is 22.3 Å². The molecule has 204 valence electrons. The molecule has 6 nitrogen and oxygen atoms in total. The summed E-state index contributed by atoms with van der Waals surface area (Å²) in [6, 6.07) is 21.6. The second kappa shape index (κ2) is 14.6. The monoisotopic (exact) mass is 571 g/mol. The molecule has 4 aromatic rings. The standard InChI is InChI=1S/C31H30ClNO5S.Li.H/c1-19-6-4-5-7-24(19)26-16-21(10-13-25(26)30(34)33-27(31(35)36)14-15-39-3)29(37-2)28-17-22(18-38-28)20-8-11-23(32)12-9-20;;/h4-13,16-18,27,29H,14-15H2,1-3H3,(H,33,34)(H,35,36);;/q;+1;-1. The van der Waals surface area contributed by atoms with Crippen LogP contribution in [0.15, 0.2) is 83.5 Å². The fourth-order valence-corrected chi connectivity index (χ4v) is 5.05. The number of carbonyl (C=O) groups excluding carboxylic acids is 1. The summed E-state index contributed by atoms with van der Waals surface area (Å²) in [6.45, 7) is 1.97. The quantitative estimate of drug-likeness (QED) is 0.260. The van der Waals surface area contributed by atoms with Crippen LogP contribution < -0.4 is 24.2 Å². The Kier molecular flexibility index (Phi) is 11.6. The predicted octanol–water partition coefficient (Wildman–Crippen LogP) is 4.36. The number of thioether (sulfide) groups is 1. The van der Waals surface area contributed by atoms with Crippen LogP contribution in [0.2, 0.25) is 5.02 Å². The molecule has 3 aromatic carbocycles. The second-order valence-electron chi connectivity index (χ2n) is 9.13. The van der Waals surface area contributed by atoms with Crippen molar-refractivity contribution in [3.63, 3.8) is 0 Å². The fraction of sp³-hybridized carbons (Fsp3) is 0.226. The van der Waals surface area contributed by atoms with Gasteiger partial charge in [0.25, 0.3) is 5.91 Å². The van der Waals surface area contributed by atoms with E-state index in [0.717, 1.165) is 27.8 Å². The summed E-state index contributed by atoms with van der Waals surface area (Å²) in [5.41, 5.74) is 5.58. The van der Waals surface area contributed by atoms with E-state index in [4.69, 9.17) is 20.8 Å². The van der Waals surface area contributed by atoms with Crippen molar-refractivity contribution in [3.05, 3.63) is 107 Å². The second-order valence-corrected chi connectivity index (χ2v) is 10.5. The van der Waals surface area contributed by atoms with Crippen LogP contribution in [0.25, 0.3) is 22.3 Å². The van der Waals surface area contributed by atoms with Gasteiger partial charge < -0.3 is 21.0 Å². The molecule has 2 atom stereocenters. The first kappa shape index (κ1) is 31.6. The average molecular weight is 572 g/mol. The molecule has 0 aliphatic carbocycles. The van der Waals surface area contributed by atoms with E-state index in [1.54, 1.807) is 19.4 Å². The summed E-state index contributed by atoms with van der Waals surface area (Å²) in [5.74, 6) is -0.263. The molecule has 0 spiro atoms. The van der Waals surface area contributed by atoms with Crippen LogP contribution in [0.3, 0.4) is 0 Å². The largest absolute Gasteiger partial charge is 1.00 e. The summed E-state index contributed by atoms with van der Waals surface area (Å²) in [5, 5.41) is 13.0. The predicted molar refractivity (Wildman–Crippen MR) is 158 cm³/mol. The van der Waals surface area contributed by atoms with Gasteiger partial charge in [-0.25, -0.2) is 4.79 Å². The van der Waals surface area contributed by atoms with Gasteiger partial charge in [0.1, 0.15) is 17.9 Å². The number of carboxylic acid groups (broad SMARTS) is 1. The molecule has 0 bridgehead atoms. The Hall–Kier alpha value is -2.92. The van der Waals surface area contributed by atoms with Gasteiger partial charge >= 0.3 is 24.8 Å². The summed E-state index contributed by atoms with van der Waals surface area (Å²) in [6.07, 6.45) is 3.38. The fourth-order valence-electron chi connectivity index (χ4n) is 4.45. The first-order valence-corrected chi connectivity index (χ1v) is 14.2. The number of benzene rings is 3. The Morgan fingerprint density at radius 2 is 1.77 bits per heavy atom. The molecule has 40 heavy (non-hydrogen) atoms. The van der Waals surface area contributed by atoms with E-state index in [1.165, 1.54) is 11.8 Å². The van der Waals surface area contributed by atoms with E-state index in [1.807, 2.05) is 79.9 Å². The van der Waals surface area contributed by atoms with Gasteiger partial charge in [-0.3, -0.25) is 4.79 Å². The minimum absolute atomic E-state index is 0. The van der Waals surface area contributed by atoms with Crippen LogP contribution in [0.5, 0.6) is 0 Å². The Morgan fingerprint density at radius 3 is 2.42 bits per heavy atom. The molecule has 1 amide bonds. The van der Waals surface area contributed by atoms with E-state index in [-0.39, 0.29) is 20.3 Å². The van der Waals surface area contributed by atoms with Gasteiger partial charge in [-0.1, -0.05) is 54.1 Å². The van der Waals surface area contributed by atoms with Crippen molar-refractivity contribution in [1.82, 2.24) is 5.32 Å². The molecular weight excluding hydrogens is 541 g/mol. The molecule has 2 unspecified atom stereocenters. The van der Waals surface area contributed by atoms with E-state index in [0.29, 0.717) is 34.1 Å². The smallest absolute Gasteiger partial charge is 1.00 e. The molecule has 1 heterocycles. The molecule has 0 aliphatic rings. The molecule has 0 fully saturated rings. The Bertz CT molecular complexity index is 1460. The molecule has 0 aliphatic heterocycles. The van der Waals surface area contributed by atoms with Crippen molar-refractivity contribution < 1.29 is 44.1 Å². The maximum atomic E-state index is 13.4. The molecule has 0 saturated heterocycles. The van der Waals surface area contributed by atoms with Crippen LogP contribution in [-0.2, 0) is 9.53 Å². The minimum Gasteiger partial charge on any atom is -1.00 e. The number of ether oxygens (including phenoxy) is 1. The van der Waals surface area contributed by atoms with Crippen LogP contribution in [0.1, 0.15) is 41.2 Å². The minimum atomic E-state index is -1.06. The third kappa shape index (κ3) is 7.42. The first-order valence-electron chi connectivity index (χ1n) is 12.4. The van der Waals surface area contributed by atoms with Gasteiger partial charge in [-0.15, -0.1) is 0 Å². The number of aryl methyl sites for hydroxylation is 1. The summed E-state index contributed by atoms with van der Waals surface area (Å²) < 4.78 is 11.8. The Balaban J connectivity index is 0.00000294. The van der Waals surface area contributed by atoms with E-state index in [9.17, 15) is 14.7 Å². The molecule has 2 N–H and O–H groups in total. The average Bonchev–Trinajstić information content (AvgIpc) is 3.41. The number of rotatable bonds is 11. The molecule has 4 rings (SSSR count). The van der Waals surface area contributed by atoms with E-state index in [2.05, 4.69) is 5.32 Å². The van der Waals surface area contributed by atoms with Crippen molar-refractivity contribution >= 4 is 35.2 Å². The third-order valence-electron chi connectivity index (χ3n) is 6.53. The zero-order valence-electron chi connectivity index (χ0n) is 23.9. The van der Waals surface area contributed by atoms with Gasteiger partial charge in [0.15, 0.2) is 0 Å². The molecule has 0 radical (unpaired) electrons. The summed E-state index contributed by atoms with van der Waals surface area (Å²) in [7, 11) is 1.60. The van der Waals surface area contributed by atoms with Gasteiger partial charge in [-0.05, 0) is 83.5 Å². The number of carboxylic acids is 1. The number of hydrogen-bond acceptors (Lipinski definition) is 5. The number of carbonyl (C=O) groups is 2. The van der Waals surface area contributed by atoms with Crippen LogP contribution >= 0.6 is 23.4 Å².